The van der Waals surface area contributed by atoms with E-state index in [4.69, 9.17) is 15.7 Å². The standard InChI is InChI=1S/C14H8BrFN4O2/c1-22-12-9(15)2-6(3-10(12)16)11-7(4-17)13(19)20-14(21)8(11)5-18/h2-3H,1H3,(H3,19,20,21). The van der Waals surface area contributed by atoms with Crippen LogP contribution in [0.25, 0.3) is 11.1 Å². The van der Waals surface area contributed by atoms with E-state index in [0.29, 0.717) is 0 Å². The number of rotatable bonds is 2. The minimum Gasteiger partial charge on any atom is -0.492 e. The van der Waals surface area contributed by atoms with E-state index in [0.717, 1.165) is 6.07 Å². The van der Waals surface area contributed by atoms with Gasteiger partial charge in [0.05, 0.1) is 11.6 Å². The zero-order chi connectivity index (χ0) is 16.4. The van der Waals surface area contributed by atoms with Crippen molar-refractivity contribution in [2.75, 3.05) is 12.8 Å². The monoisotopic (exact) mass is 362 g/mol. The first-order valence-corrected chi connectivity index (χ1v) is 6.63. The fraction of sp³-hybridized carbons (Fsp3) is 0.0714. The van der Waals surface area contributed by atoms with Crippen molar-refractivity contribution in [2.24, 2.45) is 0 Å². The van der Waals surface area contributed by atoms with Gasteiger partial charge in [0.1, 0.15) is 29.1 Å². The Kier molecular flexibility index (Phi) is 4.15. The minimum absolute atomic E-state index is 0.0199. The second kappa shape index (κ2) is 5.88. The van der Waals surface area contributed by atoms with Gasteiger partial charge in [0, 0.05) is 5.56 Å². The SMILES string of the molecule is COc1c(F)cc(-c2c(C#N)c(N)[nH]c(=O)c2C#N)cc1Br. The van der Waals surface area contributed by atoms with Crippen molar-refractivity contribution in [1.82, 2.24) is 4.98 Å². The normalized spacial score (nSPS) is 9.86. The van der Waals surface area contributed by atoms with E-state index >= 15 is 0 Å². The average molecular weight is 363 g/mol. The number of nitrogen functional groups attached to an aromatic ring is 1. The lowest BCUT2D eigenvalue weighted by atomic mass is 9.96. The highest BCUT2D eigenvalue weighted by Gasteiger charge is 2.20. The maximum atomic E-state index is 14.0. The van der Waals surface area contributed by atoms with Gasteiger partial charge in [-0.1, -0.05) is 0 Å². The molecule has 1 aromatic carbocycles. The van der Waals surface area contributed by atoms with Gasteiger partial charge in [-0.15, -0.1) is 0 Å². The fourth-order valence-corrected chi connectivity index (χ4v) is 2.63. The van der Waals surface area contributed by atoms with Crippen LogP contribution in [-0.2, 0) is 0 Å². The molecule has 2 aromatic rings. The molecular formula is C14H8BrFN4O2. The van der Waals surface area contributed by atoms with Gasteiger partial charge in [0.15, 0.2) is 11.6 Å². The Labute approximate surface area is 132 Å². The molecule has 3 N–H and O–H groups in total. The second-order valence-corrected chi connectivity index (χ2v) is 5.04. The van der Waals surface area contributed by atoms with Gasteiger partial charge in [0.2, 0.25) is 0 Å². The number of nitrogens with zero attached hydrogens (tertiary/aromatic N) is 2. The number of H-pyrrole nitrogens is 1. The van der Waals surface area contributed by atoms with Gasteiger partial charge in [-0.2, -0.15) is 10.5 Å². The minimum atomic E-state index is -0.749. The number of nitrogens with two attached hydrogens (primary N) is 1. The van der Waals surface area contributed by atoms with Crippen LogP contribution >= 0.6 is 15.9 Å². The molecule has 0 saturated heterocycles. The Bertz CT molecular complexity index is 886. The zero-order valence-electron chi connectivity index (χ0n) is 11.2. The third kappa shape index (κ3) is 2.41. The quantitative estimate of drug-likeness (QED) is 0.849. The topological polar surface area (TPSA) is 116 Å². The van der Waals surface area contributed by atoms with E-state index in [1.807, 2.05) is 6.07 Å². The molecule has 110 valence electrons. The summed E-state index contributed by atoms with van der Waals surface area (Å²) in [7, 11) is 1.30. The molecule has 0 radical (unpaired) electrons. The third-order valence-electron chi connectivity index (χ3n) is 2.96. The third-order valence-corrected chi connectivity index (χ3v) is 3.55. The molecule has 0 aliphatic heterocycles. The summed E-state index contributed by atoms with van der Waals surface area (Å²) < 4.78 is 19.2. The highest BCUT2D eigenvalue weighted by molar-refractivity contribution is 9.10. The molecule has 8 heteroatoms. The summed E-state index contributed by atoms with van der Waals surface area (Å²) in [5.74, 6) is -0.925. The Morgan fingerprint density at radius 3 is 2.45 bits per heavy atom. The van der Waals surface area contributed by atoms with Crippen LogP contribution in [0.2, 0.25) is 0 Å². The van der Waals surface area contributed by atoms with Gasteiger partial charge >= 0.3 is 0 Å². The number of hydrogen-bond acceptors (Lipinski definition) is 5. The highest BCUT2D eigenvalue weighted by atomic mass is 79.9. The molecule has 22 heavy (non-hydrogen) atoms. The number of pyridine rings is 1. The van der Waals surface area contributed by atoms with Crippen molar-refractivity contribution in [2.45, 2.75) is 0 Å². The molecule has 0 fully saturated rings. The number of anilines is 1. The van der Waals surface area contributed by atoms with Gasteiger partial charge in [0.25, 0.3) is 5.56 Å². The van der Waals surface area contributed by atoms with Crippen molar-refractivity contribution < 1.29 is 9.13 Å². The van der Waals surface area contributed by atoms with Crippen LogP contribution in [-0.4, -0.2) is 12.1 Å². The maximum absolute atomic E-state index is 14.0. The van der Waals surface area contributed by atoms with E-state index in [-0.39, 0.29) is 38.3 Å². The van der Waals surface area contributed by atoms with E-state index in [1.54, 1.807) is 6.07 Å². The Morgan fingerprint density at radius 1 is 1.32 bits per heavy atom. The molecule has 0 aliphatic rings. The summed E-state index contributed by atoms with van der Waals surface area (Å²) in [5.41, 5.74) is 4.58. The average Bonchev–Trinajstić information content (AvgIpc) is 2.46. The second-order valence-electron chi connectivity index (χ2n) is 4.19. The van der Waals surface area contributed by atoms with Crippen LogP contribution in [0.1, 0.15) is 11.1 Å². The molecule has 1 aromatic heterocycles. The molecule has 0 atom stereocenters. The largest absolute Gasteiger partial charge is 0.492 e. The molecule has 6 nitrogen and oxygen atoms in total. The number of nitrogens with one attached hydrogen (secondary N) is 1. The van der Waals surface area contributed by atoms with Crippen molar-refractivity contribution in [3.63, 3.8) is 0 Å². The molecule has 0 saturated carbocycles. The molecule has 0 spiro atoms. The van der Waals surface area contributed by atoms with Gasteiger partial charge in [-0.05, 0) is 33.6 Å². The molecule has 2 rings (SSSR count). The number of aromatic nitrogens is 1. The van der Waals surface area contributed by atoms with Crippen molar-refractivity contribution in [1.29, 1.82) is 10.5 Å². The number of aromatic amines is 1. The molecule has 0 amide bonds. The predicted octanol–water partition coefficient (Wildman–Crippen LogP) is 2.28. The summed E-state index contributed by atoms with van der Waals surface area (Å²) in [4.78, 5) is 14.0. The lowest BCUT2D eigenvalue weighted by Gasteiger charge is -2.11. The van der Waals surface area contributed by atoms with Crippen LogP contribution in [0.4, 0.5) is 10.2 Å². The van der Waals surface area contributed by atoms with E-state index in [1.165, 1.54) is 13.2 Å². The number of hydrogen-bond donors (Lipinski definition) is 2. The Balaban J connectivity index is 2.93. The fourth-order valence-electron chi connectivity index (χ4n) is 2.03. The van der Waals surface area contributed by atoms with E-state index in [2.05, 4.69) is 20.9 Å². The Hall–Kier alpha value is -2.84. The van der Waals surface area contributed by atoms with Crippen LogP contribution in [0.15, 0.2) is 21.4 Å². The first-order valence-electron chi connectivity index (χ1n) is 5.84. The number of benzene rings is 1. The zero-order valence-corrected chi connectivity index (χ0v) is 12.8. The lowest BCUT2D eigenvalue weighted by molar-refractivity contribution is 0.384. The summed E-state index contributed by atoms with van der Waals surface area (Å²) in [6, 6.07) is 6.04. The van der Waals surface area contributed by atoms with E-state index in [9.17, 15) is 14.4 Å². The van der Waals surface area contributed by atoms with Gasteiger partial charge in [-0.25, -0.2) is 4.39 Å². The Morgan fingerprint density at radius 2 is 1.95 bits per heavy atom. The van der Waals surface area contributed by atoms with Crippen molar-refractivity contribution in [3.8, 4) is 29.0 Å². The smallest absolute Gasteiger partial charge is 0.268 e. The van der Waals surface area contributed by atoms with Crippen LogP contribution in [0, 0.1) is 28.5 Å². The molecule has 0 bridgehead atoms. The lowest BCUT2D eigenvalue weighted by Crippen LogP contribution is -2.16. The maximum Gasteiger partial charge on any atom is 0.268 e. The predicted molar refractivity (Wildman–Crippen MR) is 80.6 cm³/mol. The first-order chi connectivity index (χ1) is 10.4. The molecular weight excluding hydrogens is 355 g/mol. The number of methoxy groups -OCH3 is 1. The number of ether oxygens (including phenoxy) is 1. The molecule has 1 heterocycles. The van der Waals surface area contributed by atoms with Crippen LogP contribution < -0.4 is 16.0 Å². The summed E-state index contributed by atoms with van der Waals surface area (Å²) in [6.45, 7) is 0. The molecule has 0 unspecified atom stereocenters. The molecule has 0 aliphatic carbocycles. The van der Waals surface area contributed by atoms with E-state index < -0.39 is 11.4 Å². The number of halogens is 2. The first kappa shape index (κ1) is 15.5. The van der Waals surface area contributed by atoms with Crippen LogP contribution in [0.5, 0.6) is 5.75 Å². The highest BCUT2D eigenvalue weighted by Crippen LogP contribution is 2.36. The van der Waals surface area contributed by atoms with Gasteiger partial charge in [-0.3, -0.25) is 4.79 Å². The summed E-state index contributed by atoms with van der Waals surface area (Å²) >= 11 is 3.14. The van der Waals surface area contributed by atoms with Crippen LogP contribution in [0.3, 0.4) is 0 Å². The number of nitriles is 2. The van der Waals surface area contributed by atoms with Crippen molar-refractivity contribution >= 4 is 21.7 Å². The van der Waals surface area contributed by atoms with Crippen molar-refractivity contribution in [3.05, 3.63) is 43.9 Å². The summed E-state index contributed by atoms with van der Waals surface area (Å²) in [5, 5.41) is 18.4. The van der Waals surface area contributed by atoms with Gasteiger partial charge < -0.3 is 15.5 Å². The summed E-state index contributed by atoms with van der Waals surface area (Å²) in [6.07, 6.45) is 0.